The van der Waals surface area contributed by atoms with Crippen molar-refractivity contribution in [1.29, 1.82) is 0 Å². The summed E-state index contributed by atoms with van der Waals surface area (Å²) in [5.74, 6) is -0.424. The summed E-state index contributed by atoms with van der Waals surface area (Å²) in [6.07, 6.45) is 2.15. The van der Waals surface area contributed by atoms with E-state index in [0.717, 1.165) is 29.9 Å². The fraction of sp³-hybridized carbons (Fsp3) is 0.286. The van der Waals surface area contributed by atoms with E-state index in [0.29, 0.717) is 17.8 Å². The maximum absolute atomic E-state index is 12.6. The van der Waals surface area contributed by atoms with Crippen LogP contribution >= 0.6 is 11.3 Å². The summed E-state index contributed by atoms with van der Waals surface area (Å²) < 4.78 is 5.88. The molecule has 1 aliphatic heterocycles. The second-order valence-corrected chi connectivity index (χ2v) is 7.98. The van der Waals surface area contributed by atoms with Gasteiger partial charge in [0.1, 0.15) is 6.04 Å². The summed E-state index contributed by atoms with van der Waals surface area (Å²) >= 11 is 1.73. The van der Waals surface area contributed by atoms with Gasteiger partial charge < -0.3 is 15.0 Å². The Labute approximate surface area is 167 Å². The van der Waals surface area contributed by atoms with E-state index in [1.165, 1.54) is 16.7 Å². The molecule has 0 radical (unpaired) electrons. The lowest BCUT2D eigenvalue weighted by atomic mass is 10.2. The van der Waals surface area contributed by atoms with Gasteiger partial charge in [0, 0.05) is 18.5 Å². The highest BCUT2D eigenvalue weighted by Gasteiger charge is 2.34. The van der Waals surface area contributed by atoms with Gasteiger partial charge >= 0.3 is 5.97 Å². The number of amides is 1. The van der Waals surface area contributed by atoms with Crippen LogP contribution in [0.15, 0.2) is 48.5 Å². The minimum atomic E-state index is -0.391. The number of thiazole rings is 1. The molecule has 0 bridgehead atoms. The molecule has 1 saturated heterocycles. The monoisotopic (exact) mass is 396 g/mol. The fourth-order valence-corrected chi connectivity index (χ4v) is 4.84. The van der Waals surface area contributed by atoms with Crippen molar-refractivity contribution in [1.82, 2.24) is 4.98 Å². The third-order valence-electron chi connectivity index (χ3n) is 5.07. The number of anilines is 1. The molecule has 0 aliphatic carbocycles. The molecule has 4 rings (SSSR count). The second kappa shape index (κ2) is 8.08. The van der Waals surface area contributed by atoms with Gasteiger partial charge in [-0.1, -0.05) is 12.1 Å². The van der Waals surface area contributed by atoms with Crippen LogP contribution in [0.2, 0.25) is 0 Å². The number of nitrogens with zero attached hydrogens (tertiary/aromatic N) is 1. The minimum Gasteiger partial charge on any atom is -0.465 e. The Hall–Kier alpha value is -2.77. The van der Waals surface area contributed by atoms with Gasteiger partial charge in [-0.3, -0.25) is 4.79 Å². The van der Waals surface area contributed by atoms with Crippen LogP contribution in [0, 0.1) is 0 Å². The molecule has 1 unspecified atom stereocenters. The maximum atomic E-state index is 12.6. The number of hydrogen-bond donors (Lipinski definition) is 2. The van der Waals surface area contributed by atoms with Crippen LogP contribution in [0.1, 0.15) is 34.2 Å². The Morgan fingerprint density at radius 1 is 1.21 bits per heavy atom. The first-order valence-electron chi connectivity index (χ1n) is 9.32. The van der Waals surface area contributed by atoms with Gasteiger partial charge in [0.05, 0.1) is 29.4 Å². The number of rotatable bonds is 5. The van der Waals surface area contributed by atoms with E-state index in [2.05, 4.69) is 16.1 Å². The molecule has 1 aliphatic rings. The number of aromatic nitrogens is 1. The van der Waals surface area contributed by atoms with E-state index in [9.17, 15) is 9.59 Å². The highest BCUT2D eigenvalue weighted by atomic mass is 32.1. The van der Waals surface area contributed by atoms with Crippen LogP contribution < -0.4 is 10.2 Å². The van der Waals surface area contributed by atoms with Gasteiger partial charge in [-0.05, 0) is 36.4 Å². The van der Waals surface area contributed by atoms with Crippen molar-refractivity contribution in [2.45, 2.75) is 18.9 Å². The Balaban J connectivity index is 1.41. The zero-order chi connectivity index (χ0) is 19.5. The molecule has 2 N–H and O–H groups in total. The number of esters is 1. The molecule has 144 valence electrons. The number of ether oxygens (including phenoxy) is 1. The number of benzene rings is 2. The van der Waals surface area contributed by atoms with E-state index < -0.39 is 5.97 Å². The predicted octanol–water partition coefficient (Wildman–Crippen LogP) is 2.44. The van der Waals surface area contributed by atoms with Gasteiger partial charge in [0.2, 0.25) is 0 Å². The smallest absolute Gasteiger partial charge is 0.337 e. The van der Waals surface area contributed by atoms with Crippen molar-refractivity contribution in [3.05, 3.63) is 59.1 Å². The normalized spacial score (nSPS) is 18.9. The van der Waals surface area contributed by atoms with Crippen LogP contribution in [-0.4, -0.2) is 37.1 Å². The first-order chi connectivity index (χ1) is 13.6. The van der Waals surface area contributed by atoms with Crippen molar-refractivity contribution in [3.63, 3.8) is 0 Å². The summed E-state index contributed by atoms with van der Waals surface area (Å²) in [5, 5.41) is 4.04. The topological polar surface area (TPSA) is 72.7 Å². The number of methoxy groups -OCH3 is 1. The van der Waals surface area contributed by atoms with Crippen molar-refractivity contribution in [3.8, 4) is 0 Å². The van der Waals surface area contributed by atoms with Crippen LogP contribution in [0.5, 0.6) is 0 Å². The molecule has 3 aromatic rings. The quantitative estimate of drug-likeness (QED) is 0.650. The summed E-state index contributed by atoms with van der Waals surface area (Å²) in [7, 11) is 1.35. The third-order valence-corrected chi connectivity index (χ3v) is 6.22. The summed E-state index contributed by atoms with van der Waals surface area (Å²) in [4.78, 5) is 30.1. The number of quaternary nitrogens is 1. The van der Waals surface area contributed by atoms with Crippen molar-refractivity contribution < 1.29 is 19.2 Å². The molecular formula is C21H22N3O3S+. The number of carbonyl (C=O) groups excluding carboxylic acids is 2. The van der Waals surface area contributed by atoms with Gasteiger partial charge in [-0.25, -0.2) is 9.78 Å². The average Bonchev–Trinajstić information content (AvgIpc) is 3.34. The van der Waals surface area contributed by atoms with Crippen molar-refractivity contribution in [2.24, 2.45) is 0 Å². The maximum Gasteiger partial charge on any atom is 0.337 e. The molecular weight excluding hydrogens is 374 g/mol. The Kier molecular flexibility index (Phi) is 5.36. The van der Waals surface area contributed by atoms with Gasteiger partial charge in [0.15, 0.2) is 11.6 Å². The predicted molar refractivity (Wildman–Crippen MR) is 109 cm³/mol. The standard InChI is InChI=1S/C21H21N3O3S/c1-27-21(26)14-8-10-15(11-9-14)22-19(25)13-24-12-4-6-17(24)20-23-16-5-2-3-7-18(16)28-20/h2-3,5,7-11,17H,4,6,12-13H2,1H3,(H,22,25)/p+1/t17-/m1/s1. The Morgan fingerprint density at radius 2 is 2.00 bits per heavy atom. The molecule has 6 nitrogen and oxygen atoms in total. The molecule has 1 fully saturated rings. The number of nitrogens with one attached hydrogen (secondary N) is 2. The lowest BCUT2D eigenvalue weighted by molar-refractivity contribution is -0.910. The van der Waals surface area contributed by atoms with Crippen molar-refractivity contribution in [2.75, 3.05) is 25.5 Å². The number of fused-ring (bicyclic) bond motifs is 1. The summed E-state index contributed by atoms with van der Waals surface area (Å²) in [6.45, 7) is 1.37. The highest BCUT2D eigenvalue weighted by Crippen LogP contribution is 2.28. The molecule has 2 heterocycles. The lowest BCUT2D eigenvalue weighted by Gasteiger charge is -2.19. The fourth-order valence-electron chi connectivity index (χ4n) is 3.68. The van der Waals surface area contributed by atoms with E-state index in [4.69, 9.17) is 4.98 Å². The summed E-state index contributed by atoms with van der Waals surface area (Å²) in [6, 6.07) is 15.2. The van der Waals surface area contributed by atoms with E-state index in [-0.39, 0.29) is 11.9 Å². The van der Waals surface area contributed by atoms with Crippen LogP contribution in [0.4, 0.5) is 5.69 Å². The molecule has 2 atom stereocenters. The molecule has 0 saturated carbocycles. The summed E-state index contributed by atoms with van der Waals surface area (Å²) in [5.41, 5.74) is 2.17. The van der Waals surface area contributed by atoms with Crippen LogP contribution in [0.25, 0.3) is 10.2 Å². The molecule has 7 heteroatoms. The van der Waals surface area contributed by atoms with E-state index in [1.807, 2.05) is 18.2 Å². The molecule has 1 aromatic heterocycles. The SMILES string of the molecule is COC(=O)c1ccc(NC(=O)C[NH+]2CCC[C@@H]2c2nc3ccccc3s2)cc1. The Morgan fingerprint density at radius 3 is 2.75 bits per heavy atom. The lowest BCUT2D eigenvalue weighted by Crippen LogP contribution is -3.11. The van der Waals surface area contributed by atoms with Crippen LogP contribution in [0.3, 0.4) is 0 Å². The molecule has 28 heavy (non-hydrogen) atoms. The van der Waals surface area contributed by atoms with E-state index in [1.54, 1.807) is 35.6 Å². The minimum absolute atomic E-state index is 0.0335. The zero-order valence-corrected chi connectivity index (χ0v) is 16.4. The first kappa shape index (κ1) is 18.6. The number of hydrogen-bond acceptors (Lipinski definition) is 5. The highest BCUT2D eigenvalue weighted by molar-refractivity contribution is 7.18. The largest absolute Gasteiger partial charge is 0.465 e. The van der Waals surface area contributed by atoms with Gasteiger partial charge in [-0.15, -0.1) is 11.3 Å². The molecule has 1 amide bonds. The van der Waals surface area contributed by atoms with Crippen LogP contribution in [-0.2, 0) is 9.53 Å². The Bertz CT molecular complexity index is 967. The first-order valence-corrected chi connectivity index (χ1v) is 10.1. The van der Waals surface area contributed by atoms with Crippen molar-refractivity contribution >= 4 is 39.1 Å². The van der Waals surface area contributed by atoms with E-state index >= 15 is 0 Å². The van der Waals surface area contributed by atoms with Gasteiger partial charge in [0.25, 0.3) is 5.91 Å². The zero-order valence-electron chi connectivity index (χ0n) is 15.6. The number of carbonyl (C=O) groups is 2. The van der Waals surface area contributed by atoms with Gasteiger partial charge in [-0.2, -0.15) is 0 Å². The number of likely N-dealkylation sites (tertiary alicyclic amines) is 1. The number of para-hydroxylation sites is 1. The average molecular weight is 396 g/mol. The third kappa shape index (κ3) is 3.90. The second-order valence-electron chi connectivity index (χ2n) is 6.92. The molecule has 2 aromatic carbocycles. The molecule has 0 spiro atoms.